The van der Waals surface area contributed by atoms with Gasteiger partial charge < -0.3 is 10.4 Å². The average Bonchev–Trinajstić information content (AvgIpc) is 2.87. The van der Waals surface area contributed by atoms with Crippen molar-refractivity contribution in [3.05, 3.63) is 46.1 Å². The first-order valence-corrected chi connectivity index (χ1v) is 5.57. The molecule has 4 N–H and O–H groups in total. The fraction of sp³-hybridized carbons (Fsp3) is 0. The highest BCUT2D eigenvalue weighted by molar-refractivity contribution is 5.99. The van der Waals surface area contributed by atoms with Crippen LogP contribution in [0.2, 0.25) is 0 Å². The number of aromatic carboxylic acids is 1. The SMILES string of the molecule is O=C(Nc1ccc([N+](=O)[O-])cc1)Nc1cc(C(=O)O)[nH]n1. The second-order valence-electron chi connectivity index (χ2n) is 3.86. The van der Waals surface area contributed by atoms with Gasteiger partial charge in [0.2, 0.25) is 0 Å². The third-order valence-electron chi connectivity index (χ3n) is 2.39. The molecule has 0 atom stereocenters. The Morgan fingerprint density at radius 1 is 1.24 bits per heavy atom. The van der Waals surface area contributed by atoms with Crippen LogP contribution in [0, 0.1) is 10.1 Å². The molecule has 0 aliphatic heterocycles. The highest BCUT2D eigenvalue weighted by atomic mass is 16.6. The molecule has 0 bridgehead atoms. The summed E-state index contributed by atoms with van der Waals surface area (Å²) < 4.78 is 0. The van der Waals surface area contributed by atoms with Gasteiger partial charge in [-0.2, -0.15) is 5.10 Å². The Hall–Kier alpha value is -3.43. The van der Waals surface area contributed by atoms with E-state index < -0.39 is 16.9 Å². The van der Waals surface area contributed by atoms with Gasteiger partial charge in [0.25, 0.3) is 5.69 Å². The van der Waals surface area contributed by atoms with Crippen molar-refractivity contribution in [3.63, 3.8) is 0 Å². The van der Waals surface area contributed by atoms with Gasteiger partial charge in [0, 0.05) is 23.9 Å². The zero-order valence-electron chi connectivity index (χ0n) is 10.4. The summed E-state index contributed by atoms with van der Waals surface area (Å²) in [5, 5.41) is 29.7. The minimum atomic E-state index is -1.20. The molecule has 0 radical (unpaired) electrons. The van der Waals surface area contributed by atoms with Gasteiger partial charge in [0.05, 0.1) is 4.92 Å². The topological polar surface area (TPSA) is 150 Å². The number of aromatic amines is 1. The van der Waals surface area contributed by atoms with Crippen LogP contribution >= 0.6 is 0 Å². The number of H-pyrrole nitrogens is 1. The van der Waals surface area contributed by atoms with E-state index in [1.165, 1.54) is 24.3 Å². The van der Waals surface area contributed by atoms with Crippen LogP contribution in [-0.4, -0.2) is 32.2 Å². The molecule has 10 nitrogen and oxygen atoms in total. The number of nitrogens with one attached hydrogen (secondary N) is 3. The molecule has 21 heavy (non-hydrogen) atoms. The summed E-state index contributed by atoms with van der Waals surface area (Å²) in [6.45, 7) is 0. The minimum Gasteiger partial charge on any atom is -0.477 e. The summed E-state index contributed by atoms with van der Waals surface area (Å²) in [5.74, 6) is -1.17. The number of nitro groups is 1. The molecular weight excluding hydrogens is 282 g/mol. The molecule has 1 aromatic carbocycles. The number of benzene rings is 1. The summed E-state index contributed by atoms with van der Waals surface area (Å²) in [6, 6.07) is 5.71. The van der Waals surface area contributed by atoms with Crippen molar-refractivity contribution in [3.8, 4) is 0 Å². The predicted molar refractivity (Wildman–Crippen MR) is 71.3 cm³/mol. The minimum absolute atomic E-state index is 0.0341. The van der Waals surface area contributed by atoms with E-state index in [9.17, 15) is 19.7 Å². The molecule has 2 aromatic rings. The Bertz CT molecular complexity index is 693. The van der Waals surface area contributed by atoms with Gasteiger partial charge in [0.1, 0.15) is 5.69 Å². The van der Waals surface area contributed by atoms with Gasteiger partial charge in [-0.05, 0) is 12.1 Å². The number of carboxylic acid groups (broad SMARTS) is 1. The van der Waals surface area contributed by atoms with Gasteiger partial charge in [0.15, 0.2) is 5.82 Å². The average molecular weight is 291 g/mol. The number of carbonyl (C=O) groups excluding carboxylic acids is 1. The molecule has 0 aliphatic rings. The van der Waals surface area contributed by atoms with E-state index in [0.29, 0.717) is 5.69 Å². The lowest BCUT2D eigenvalue weighted by Gasteiger charge is -2.04. The van der Waals surface area contributed by atoms with Crippen LogP contribution in [0.1, 0.15) is 10.5 Å². The number of carboxylic acids is 1. The second kappa shape index (κ2) is 5.69. The molecule has 0 aliphatic carbocycles. The van der Waals surface area contributed by atoms with Gasteiger partial charge in [-0.15, -0.1) is 0 Å². The maximum Gasteiger partial charge on any atom is 0.353 e. The van der Waals surface area contributed by atoms with Crippen molar-refractivity contribution < 1.29 is 19.6 Å². The van der Waals surface area contributed by atoms with Crippen molar-refractivity contribution in [2.75, 3.05) is 10.6 Å². The largest absolute Gasteiger partial charge is 0.477 e. The number of anilines is 2. The van der Waals surface area contributed by atoms with E-state index in [1.807, 2.05) is 0 Å². The highest BCUT2D eigenvalue weighted by Gasteiger charge is 2.10. The maximum absolute atomic E-state index is 11.6. The molecule has 0 saturated carbocycles. The van der Waals surface area contributed by atoms with Gasteiger partial charge in [-0.1, -0.05) is 0 Å². The monoisotopic (exact) mass is 291 g/mol. The number of amides is 2. The fourth-order valence-electron chi connectivity index (χ4n) is 1.44. The summed E-state index contributed by atoms with van der Waals surface area (Å²) in [6.07, 6.45) is 0. The van der Waals surface area contributed by atoms with Crippen LogP contribution in [0.15, 0.2) is 30.3 Å². The molecule has 0 spiro atoms. The van der Waals surface area contributed by atoms with E-state index in [-0.39, 0.29) is 17.2 Å². The first-order valence-electron chi connectivity index (χ1n) is 5.57. The molecule has 0 saturated heterocycles. The van der Waals surface area contributed by atoms with Crippen LogP contribution in [0.5, 0.6) is 0 Å². The Labute approximate surface area is 116 Å². The van der Waals surface area contributed by atoms with Gasteiger partial charge in [-0.3, -0.25) is 20.5 Å². The van der Waals surface area contributed by atoms with E-state index in [4.69, 9.17) is 5.11 Å². The van der Waals surface area contributed by atoms with Crippen molar-refractivity contribution in [1.82, 2.24) is 10.2 Å². The van der Waals surface area contributed by atoms with Crippen molar-refractivity contribution in [2.45, 2.75) is 0 Å². The molecule has 2 rings (SSSR count). The molecule has 2 amide bonds. The third kappa shape index (κ3) is 3.53. The Morgan fingerprint density at radius 2 is 1.90 bits per heavy atom. The number of hydrogen-bond donors (Lipinski definition) is 4. The third-order valence-corrected chi connectivity index (χ3v) is 2.39. The molecule has 1 heterocycles. The van der Waals surface area contributed by atoms with Crippen LogP contribution < -0.4 is 10.6 Å². The zero-order chi connectivity index (χ0) is 15.4. The predicted octanol–water partition coefficient (Wildman–Crippen LogP) is 1.66. The van der Waals surface area contributed by atoms with Crippen LogP contribution in [0.3, 0.4) is 0 Å². The van der Waals surface area contributed by atoms with Crippen LogP contribution in [-0.2, 0) is 0 Å². The van der Waals surface area contributed by atoms with Crippen molar-refractivity contribution >= 4 is 29.2 Å². The van der Waals surface area contributed by atoms with E-state index >= 15 is 0 Å². The van der Waals surface area contributed by atoms with E-state index in [2.05, 4.69) is 20.8 Å². The maximum atomic E-state index is 11.6. The summed E-state index contributed by atoms with van der Waals surface area (Å²) >= 11 is 0. The lowest BCUT2D eigenvalue weighted by Crippen LogP contribution is -2.19. The number of urea groups is 1. The number of hydrogen-bond acceptors (Lipinski definition) is 5. The Morgan fingerprint density at radius 3 is 2.43 bits per heavy atom. The number of aromatic nitrogens is 2. The number of non-ortho nitro benzene ring substituents is 1. The lowest BCUT2D eigenvalue weighted by atomic mass is 10.3. The summed E-state index contributed by atoms with van der Waals surface area (Å²) in [5.41, 5.74) is 0.0760. The molecular formula is C11H9N5O5. The highest BCUT2D eigenvalue weighted by Crippen LogP contribution is 2.15. The number of nitro benzene ring substituents is 1. The molecule has 0 fully saturated rings. The fourth-order valence-corrected chi connectivity index (χ4v) is 1.44. The lowest BCUT2D eigenvalue weighted by molar-refractivity contribution is -0.384. The first kappa shape index (κ1) is 14.0. The molecule has 10 heteroatoms. The molecule has 108 valence electrons. The second-order valence-corrected chi connectivity index (χ2v) is 3.86. The standard InChI is InChI=1S/C11H9N5O5/c17-10(18)8-5-9(15-14-8)13-11(19)12-6-1-3-7(4-2-6)16(20)21/h1-5H,(H,17,18)(H3,12,13,14,15,19). The Balaban J connectivity index is 1.97. The number of nitrogens with zero attached hydrogens (tertiary/aromatic N) is 2. The first-order chi connectivity index (χ1) is 9.95. The van der Waals surface area contributed by atoms with Gasteiger partial charge >= 0.3 is 12.0 Å². The normalized spacial score (nSPS) is 9.90. The molecule has 0 unspecified atom stereocenters. The van der Waals surface area contributed by atoms with Crippen molar-refractivity contribution in [2.24, 2.45) is 0 Å². The number of carbonyl (C=O) groups is 2. The van der Waals surface area contributed by atoms with Crippen molar-refractivity contribution in [1.29, 1.82) is 0 Å². The summed E-state index contributed by atoms with van der Waals surface area (Å²) in [4.78, 5) is 32.2. The summed E-state index contributed by atoms with van der Waals surface area (Å²) in [7, 11) is 0. The Kier molecular flexibility index (Phi) is 3.79. The number of rotatable bonds is 4. The smallest absolute Gasteiger partial charge is 0.353 e. The molecule has 1 aromatic heterocycles. The van der Waals surface area contributed by atoms with E-state index in [0.717, 1.165) is 6.07 Å². The zero-order valence-corrected chi connectivity index (χ0v) is 10.4. The van der Waals surface area contributed by atoms with Crippen LogP contribution in [0.4, 0.5) is 22.0 Å². The van der Waals surface area contributed by atoms with E-state index in [1.54, 1.807) is 0 Å². The van der Waals surface area contributed by atoms with Gasteiger partial charge in [-0.25, -0.2) is 9.59 Å². The quantitative estimate of drug-likeness (QED) is 0.496. The van der Waals surface area contributed by atoms with Crippen LogP contribution in [0.25, 0.3) is 0 Å².